The highest BCUT2D eigenvalue weighted by atomic mass is 19.1. The van der Waals surface area contributed by atoms with E-state index in [0.717, 1.165) is 5.56 Å². The van der Waals surface area contributed by atoms with Crippen LogP contribution in [0.4, 0.5) is 4.39 Å². The Balaban J connectivity index is 1.47. The summed E-state index contributed by atoms with van der Waals surface area (Å²) in [4.78, 5) is 14.8. The number of nitrogens with zero attached hydrogens (tertiary/aromatic N) is 2. The molecule has 0 radical (unpaired) electrons. The van der Waals surface area contributed by atoms with Crippen LogP contribution in [-0.2, 0) is 14.3 Å². The van der Waals surface area contributed by atoms with Gasteiger partial charge in [-0.3, -0.25) is 4.79 Å². The molecule has 1 aromatic heterocycles. The molecule has 2 aliphatic heterocycles. The van der Waals surface area contributed by atoms with Crippen molar-refractivity contribution in [1.29, 1.82) is 0 Å². The summed E-state index contributed by atoms with van der Waals surface area (Å²) in [6.07, 6.45) is 5.52. The minimum atomic E-state index is -0.487. The van der Waals surface area contributed by atoms with E-state index in [-0.39, 0.29) is 17.8 Å². The molecule has 0 bridgehead atoms. The summed E-state index contributed by atoms with van der Waals surface area (Å²) in [6, 6.07) is 10.1. The Morgan fingerprint density at radius 1 is 1.12 bits per heavy atom. The second-order valence-corrected chi connectivity index (χ2v) is 6.89. The summed E-state index contributed by atoms with van der Waals surface area (Å²) in [6.45, 7) is 2.51. The molecule has 4 rings (SSSR count). The van der Waals surface area contributed by atoms with Crippen molar-refractivity contribution in [3.63, 3.8) is 0 Å². The van der Waals surface area contributed by atoms with E-state index >= 15 is 0 Å². The van der Waals surface area contributed by atoms with Crippen molar-refractivity contribution in [2.45, 2.75) is 31.1 Å². The Morgan fingerprint density at radius 2 is 1.81 bits per heavy atom. The predicted molar refractivity (Wildman–Crippen MR) is 94.0 cm³/mol. The number of carbonyl (C=O) groups is 1. The lowest BCUT2D eigenvalue weighted by Crippen LogP contribution is -2.47. The number of amides is 1. The zero-order valence-corrected chi connectivity index (χ0v) is 14.6. The van der Waals surface area contributed by atoms with Crippen molar-refractivity contribution < 1.29 is 18.7 Å². The molecule has 2 aliphatic rings. The van der Waals surface area contributed by atoms with Gasteiger partial charge < -0.3 is 18.9 Å². The van der Waals surface area contributed by atoms with Crippen LogP contribution < -0.4 is 0 Å². The van der Waals surface area contributed by atoms with Gasteiger partial charge in [0.15, 0.2) is 5.79 Å². The number of benzene rings is 1. The number of aromatic nitrogens is 1. The lowest BCUT2D eigenvalue weighted by atomic mass is 10.00. The molecule has 1 atom stereocenters. The van der Waals surface area contributed by atoms with Crippen LogP contribution in [0.3, 0.4) is 0 Å². The van der Waals surface area contributed by atoms with E-state index < -0.39 is 5.79 Å². The molecule has 6 heteroatoms. The SMILES string of the molecule is O=C(CC(c1cccc(F)c1)n1cccc1)N1CCC2(CC1)OCCO2. The van der Waals surface area contributed by atoms with Gasteiger partial charge in [-0.1, -0.05) is 12.1 Å². The fourth-order valence-electron chi connectivity index (χ4n) is 3.84. The van der Waals surface area contributed by atoms with Crippen LogP contribution in [0, 0.1) is 5.82 Å². The number of piperidine rings is 1. The Labute approximate surface area is 152 Å². The summed E-state index contributed by atoms with van der Waals surface area (Å²) in [7, 11) is 0. The number of hydrogen-bond donors (Lipinski definition) is 0. The van der Waals surface area contributed by atoms with Gasteiger partial charge in [0.2, 0.25) is 5.91 Å². The molecule has 138 valence electrons. The van der Waals surface area contributed by atoms with Crippen LogP contribution in [0.5, 0.6) is 0 Å². The van der Waals surface area contributed by atoms with Crippen molar-refractivity contribution in [2.24, 2.45) is 0 Å². The van der Waals surface area contributed by atoms with Crippen molar-refractivity contribution in [1.82, 2.24) is 9.47 Å². The number of halogens is 1. The first-order chi connectivity index (χ1) is 12.7. The van der Waals surface area contributed by atoms with E-state index in [0.29, 0.717) is 45.6 Å². The lowest BCUT2D eigenvalue weighted by molar-refractivity contribution is -0.187. The summed E-state index contributed by atoms with van der Waals surface area (Å²) in [5.41, 5.74) is 0.797. The average Bonchev–Trinajstić information content (AvgIpc) is 3.33. The van der Waals surface area contributed by atoms with Gasteiger partial charge in [-0.15, -0.1) is 0 Å². The average molecular weight is 358 g/mol. The zero-order chi connectivity index (χ0) is 18.0. The van der Waals surface area contributed by atoms with Crippen LogP contribution in [0.2, 0.25) is 0 Å². The molecule has 0 saturated carbocycles. The molecule has 3 heterocycles. The highest BCUT2D eigenvalue weighted by Crippen LogP contribution is 2.32. The normalized spacial score (nSPS) is 20.4. The predicted octanol–water partition coefficient (Wildman–Crippen LogP) is 2.97. The van der Waals surface area contributed by atoms with Crippen molar-refractivity contribution in [3.05, 3.63) is 60.2 Å². The Morgan fingerprint density at radius 3 is 2.46 bits per heavy atom. The summed E-state index contributed by atoms with van der Waals surface area (Å²) >= 11 is 0. The highest BCUT2D eigenvalue weighted by Gasteiger charge is 2.41. The highest BCUT2D eigenvalue weighted by molar-refractivity contribution is 5.77. The van der Waals surface area contributed by atoms with E-state index in [2.05, 4.69) is 0 Å². The molecule has 1 spiro atoms. The van der Waals surface area contributed by atoms with E-state index in [4.69, 9.17) is 9.47 Å². The molecule has 1 aromatic carbocycles. The molecule has 0 aliphatic carbocycles. The van der Waals surface area contributed by atoms with Gasteiger partial charge in [0.05, 0.1) is 25.7 Å². The first-order valence-corrected chi connectivity index (χ1v) is 9.09. The molecular formula is C20H23FN2O3. The minimum Gasteiger partial charge on any atom is -0.347 e. The van der Waals surface area contributed by atoms with Crippen LogP contribution in [0.15, 0.2) is 48.8 Å². The monoisotopic (exact) mass is 358 g/mol. The van der Waals surface area contributed by atoms with Crippen LogP contribution in [-0.4, -0.2) is 47.5 Å². The van der Waals surface area contributed by atoms with E-state index in [1.54, 1.807) is 6.07 Å². The molecule has 2 fully saturated rings. The van der Waals surface area contributed by atoms with Gasteiger partial charge >= 0.3 is 0 Å². The molecule has 0 N–H and O–H groups in total. The lowest BCUT2D eigenvalue weighted by Gasteiger charge is -2.38. The number of rotatable bonds is 4. The number of hydrogen-bond acceptors (Lipinski definition) is 3. The largest absolute Gasteiger partial charge is 0.347 e. The van der Waals surface area contributed by atoms with Crippen molar-refractivity contribution >= 4 is 5.91 Å². The molecular weight excluding hydrogens is 335 g/mol. The number of ether oxygens (including phenoxy) is 2. The number of carbonyl (C=O) groups excluding carboxylic acids is 1. The van der Waals surface area contributed by atoms with Gasteiger partial charge in [0.25, 0.3) is 0 Å². The van der Waals surface area contributed by atoms with Gasteiger partial charge in [-0.25, -0.2) is 4.39 Å². The topological polar surface area (TPSA) is 43.7 Å². The van der Waals surface area contributed by atoms with Crippen molar-refractivity contribution in [2.75, 3.05) is 26.3 Å². The van der Waals surface area contributed by atoms with Crippen LogP contribution in [0.1, 0.15) is 30.9 Å². The van der Waals surface area contributed by atoms with Gasteiger partial charge in [-0.2, -0.15) is 0 Å². The first kappa shape index (κ1) is 17.2. The molecule has 26 heavy (non-hydrogen) atoms. The Bertz CT molecular complexity index is 746. The fourth-order valence-corrected chi connectivity index (χ4v) is 3.84. The number of likely N-dealkylation sites (tertiary alicyclic amines) is 1. The third kappa shape index (κ3) is 3.52. The molecule has 2 aromatic rings. The van der Waals surface area contributed by atoms with Gasteiger partial charge in [0, 0.05) is 38.3 Å². The second-order valence-electron chi connectivity index (χ2n) is 6.89. The Kier molecular flexibility index (Phi) is 4.78. The maximum Gasteiger partial charge on any atom is 0.225 e. The van der Waals surface area contributed by atoms with Crippen LogP contribution >= 0.6 is 0 Å². The molecule has 1 amide bonds. The third-order valence-electron chi connectivity index (χ3n) is 5.28. The third-order valence-corrected chi connectivity index (χ3v) is 5.28. The first-order valence-electron chi connectivity index (χ1n) is 9.09. The molecule has 5 nitrogen and oxygen atoms in total. The zero-order valence-electron chi connectivity index (χ0n) is 14.6. The fraction of sp³-hybridized carbons (Fsp3) is 0.450. The van der Waals surface area contributed by atoms with E-state index in [9.17, 15) is 9.18 Å². The van der Waals surface area contributed by atoms with E-state index in [1.165, 1.54) is 12.1 Å². The molecule has 2 saturated heterocycles. The second kappa shape index (κ2) is 7.21. The maximum atomic E-state index is 13.7. The van der Waals surface area contributed by atoms with Crippen LogP contribution in [0.25, 0.3) is 0 Å². The summed E-state index contributed by atoms with van der Waals surface area (Å²) in [5.74, 6) is -0.706. The summed E-state index contributed by atoms with van der Waals surface area (Å²) in [5, 5.41) is 0. The van der Waals surface area contributed by atoms with Gasteiger partial charge in [0.1, 0.15) is 5.82 Å². The minimum absolute atomic E-state index is 0.0702. The Hall–Kier alpha value is -2.18. The van der Waals surface area contributed by atoms with Crippen molar-refractivity contribution in [3.8, 4) is 0 Å². The standard InChI is InChI=1S/C20H23FN2O3/c21-17-5-3-4-16(14-17)18(22-8-1-2-9-22)15-19(24)23-10-6-20(7-11-23)25-12-13-26-20/h1-5,8-9,14,18H,6-7,10-13,15H2. The van der Waals surface area contributed by atoms with Gasteiger partial charge in [-0.05, 0) is 29.8 Å². The quantitative estimate of drug-likeness (QED) is 0.844. The van der Waals surface area contributed by atoms with E-state index in [1.807, 2.05) is 40.1 Å². The summed E-state index contributed by atoms with van der Waals surface area (Å²) < 4.78 is 27.1. The molecule has 1 unspecified atom stereocenters. The smallest absolute Gasteiger partial charge is 0.225 e. The maximum absolute atomic E-state index is 13.7.